The molecule has 0 aliphatic heterocycles. The van der Waals surface area contributed by atoms with Crippen molar-refractivity contribution in [2.75, 3.05) is 45.2 Å². The summed E-state index contributed by atoms with van der Waals surface area (Å²) >= 11 is 0. The lowest BCUT2D eigenvalue weighted by molar-refractivity contribution is 0.326. The second-order valence-corrected chi connectivity index (χ2v) is 13.8. The first-order chi connectivity index (χ1) is 16.8. The van der Waals surface area contributed by atoms with Gasteiger partial charge < -0.3 is 10.6 Å². The minimum absolute atomic E-state index is 0.0683. The van der Waals surface area contributed by atoms with Gasteiger partial charge in [0.05, 0.1) is 0 Å². The van der Waals surface area contributed by atoms with Gasteiger partial charge in [-0.25, -0.2) is 0 Å². The summed E-state index contributed by atoms with van der Waals surface area (Å²) in [6, 6.07) is 33.6. The summed E-state index contributed by atoms with van der Waals surface area (Å²) in [5.74, 6) is 0. The van der Waals surface area contributed by atoms with Crippen LogP contribution < -0.4 is 21.6 Å². The van der Waals surface area contributed by atoms with Crippen LogP contribution >= 0.6 is 15.8 Å². The van der Waals surface area contributed by atoms with Gasteiger partial charge >= 0.3 is 0 Å². The number of rotatable bonds is 16. The van der Waals surface area contributed by atoms with E-state index in [-0.39, 0.29) is 15.8 Å². The number of unbranched alkanes of at least 4 members (excludes halogenated alkanes) is 2. The fourth-order valence-corrected chi connectivity index (χ4v) is 9.32. The van der Waals surface area contributed by atoms with Gasteiger partial charge in [0, 0.05) is 0 Å². The highest BCUT2D eigenvalue weighted by Crippen LogP contribution is 2.39. The predicted molar refractivity (Wildman–Crippen MR) is 156 cm³/mol. The first kappa shape index (κ1) is 27.0. The molecular weight excluding hydrogens is 450 g/mol. The molecule has 0 fully saturated rings. The summed E-state index contributed by atoms with van der Waals surface area (Å²) in [4.78, 5) is 2.44. The Morgan fingerprint density at radius 1 is 0.559 bits per heavy atom. The van der Waals surface area contributed by atoms with Crippen LogP contribution in [-0.2, 0) is 0 Å². The van der Waals surface area contributed by atoms with E-state index < -0.39 is 0 Å². The average molecular weight is 493 g/mol. The fraction of sp³-hybridized carbons (Fsp3) is 0.400. The van der Waals surface area contributed by atoms with Crippen LogP contribution in [0.5, 0.6) is 0 Å². The molecule has 2 nitrogen and oxygen atoms in total. The minimum atomic E-state index is -0.270. The van der Waals surface area contributed by atoms with Gasteiger partial charge in [0.25, 0.3) is 0 Å². The van der Waals surface area contributed by atoms with Crippen molar-refractivity contribution in [2.45, 2.75) is 32.1 Å². The van der Waals surface area contributed by atoms with E-state index in [0.717, 1.165) is 19.5 Å². The SMILES string of the molecule is CN(CCCN)CCCCP(CCCCP(c1ccccc1)c1ccccc1)c1ccccc1. The summed E-state index contributed by atoms with van der Waals surface area (Å²) in [6.45, 7) is 3.10. The van der Waals surface area contributed by atoms with Gasteiger partial charge in [0.1, 0.15) is 0 Å². The van der Waals surface area contributed by atoms with E-state index in [4.69, 9.17) is 5.73 Å². The van der Waals surface area contributed by atoms with Crippen LogP contribution in [0.3, 0.4) is 0 Å². The van der Waals surface area contributed by atoms with Gasteiger partial charge in [-0.1, -0.05) is 98.9 Å². The van der Waals surface area contributed by atoms with E-state index in [1.165, 1.54) is 61.3 Å². The Morgan fingerprint density at radius 3 is 1.53 bits per heavy atom. The number of hydrogen-bond donors (Lipinski definition) is 1. The summed E-state index contributed by atoms with van der Waals surface area (Å²) in [6.07, 6.45) is 10.4. The molecule has 3 aromatic rings. The standard InChI is InChI=1S/C30H42N2P2/c1-32(24-15-22-31)23-11-12-25-33(28-16-5-2-6-17-28)26-13-14-27-34(29-18-7-3-8-19-29)30-20-9-4-10-21-30/h2-10,16-21H,11-15,22-27,31H2,1H3. The molecule has 2 N–H and O–H groups in total. The minimum Gasteiger partial charge on any atom is -0.330 e. The van der Waals surface area contributed by atoms with Crippen LogP contribution in [0.15, 0.2) is 91.0 Å². The van der Waals surface area contributed by atoms with E-state index in [1.807, 2.05) is 0 Å². The van der Waals surface area contributed by atoms with Crippen LogP contribution in [0.1, 0.15) is 32.1 Å². The van der Waals surface area contributed by atoms with Crippen molar-refractivity contribution in [3.05, 3.63) is 91.0 Å². The molecule has 3 aromatic carbocycles. The average Bonchev–Trinajstić information content (AvgIpc) is 2.90. The zero-order chi connectivity index (χ0) is 23.8. The Balaban J connectivity index is 1.52. The molecule has 0 saturated carbocycles. The van der Waals surface area contributed by atoms with Crippen LogP contribution in [-0.4, -0.2) is 50.1 Å². The van der Waals surface area contributed by atoms with E-state index >= 15 is 0 Å². The van der Waals surface area contributed by atoms with Crippen molar-refractivity contribution in [3.63, 3.8) is 0 Å². The maximum absolute atomic E-state index is 5.66. The van der Waals surface area contributed by atoms with Gasteiger partial charge in [-0.2, -0.15) is 0 Å². The fourth-order valence-electron chi connectivity index (χ4n) is 4.36. The third kappa shape index (κ3) is 9.59. The van der Waals surface area contributed by atoms with Crippen molar-refractivity contribution in [2.24, 2.45) is 5.73 Å². The van der Waals surface area contributed by atoms with Crippen molar-refractivity contribution < 1.29 is 0 Å². The molecule has 0 heterocycles. The number of hydrogen-bond acceptors (Lipinski definition) is 2. The Morgan fingerprint density at radius 2 is 1.00 bits per heavy atom. The zero-order valence-corrected chi connectivity index (χ0v) is 22.6. The van der Waals surface area contributed by atoms with Crippen molar-refractivity contribution in [1.82, 2.24) is 4.90 Å². The van der Waals surface area contributed by atoms with E-state index in [0.29, 0.717) is 0 Å². The van der Waals surface area contributed by atoms with Crippen molar-refractivity contribution >= 4 is 31.8 Å². The number of nitrogens with two attached hydrogens (primary N) is 1. The highest BCUT2D eigenvalue weighted by molar-refractivity contribution is 7.73. The van der Waals surface area contributed by atoms with Gasteiger partial charge in [-0.05, 0) is 101 Å². The molecule has 0 aliphatic carbocycles. The Hall–Kier alpha value is -1.56. The molecule has 34 heavy (non-hydrogen) atoms. The highest BCUT2D eigenvalue weighted by Gasteiger charge is 2.15. The second-order valence-electron chi connectivity index (χ2n) is 9.01. The van der Waals surface area contributed by atoms with Gasteiger partial charge in [0.2, 0.25) is 0 Å². The quantitative estimate of drug-likeness (QED) is 0.203. The Bertz CT molecular complexity index is 850. The molecule has 0 spiro atoms. The van der Waals surface area contributed by atoms with Crippen LogP contribution in [0, 0.1) is 0 Å². The predicted octanol–water partition coefficient (Wildman–Crippen LogP) is 5.77. The smallest absolute Gasteiger partial charge is 0.000977 e. The summed E-state index contributed by atoms with van der Waals surface area (Å²) < 4.78 is 0. The Kier molecular flexibility index (Phi) is 12.9. The molecule has 182 valence electrons. The monoisotopic (exact) mass is 492 g/mol. The molecular formula is C30H42N2P2. The molecule has 0 aliphatic rings. The van der Waals surface area contributed by atoms with E-state index in [9.17, 15) is 0 Å². The van der Waals surface area contributed by atoms with Gasteiger partial charge in [-0.3, -0.25) is 0 Å². The second kappa shape index (κ2) is 16.2. The number of nitrogens with zero attached hydrogens (tertiary/aromatic N) is 1. The molecule has 0 amide bonds. The van der Waals surface area contributed by atoms with Gasteiger partial charge in [0.15, 0.2) is 0 Å². The van der Waals surface area contributed by atoms with Crippen LogP contribution in [0.2, 0.25) is 0 Å². The molecule has 1 atom stereocenters. The highest BCUT2D eigenvalue weighted by atomic mass is 31.1. The lowest BCUT2D eigenvalue weighted by Crippen LogP contribution is -2.23. The molecule has 1 unspecified atom stereocenters. The maximum atomic E-state index is 5.66. The van der Waals surface area contributed by atoms with Crippen LogP contribution in [0.25, 0.3) is 0 Å². The van der Waals surface area contributed by atoms with Crippen LogP contribution in [0.4, 0.5) is 0 Å². The topological polar surface area (TPSA) is 29.3 Å². The lowest BCUT2D eigenvalue weighted by atomic mass is 10.3. The summed E-state index contributed by atoms with van der Waals surface area (Å²) in [5, 5.41) is 4.60. The van der Waals surface area contributed by atoms with Gasteiger partial charge in [-0.15, -0.1) is 0 Å². The Labute approximate surface area is 210 Å². The first-order valence-corrected chi connectivity index (χ1v) is 16.1. The molecule has 0 aromatic heterocycles. The largest absolute Gasteiger partial charge is 0.330 e. The first-order valence-electron chi connectivity index (χ1n) is 12.8. The van der Waals surface area contributed by atoms with Crippen molar-refractivity contribution in [1.29, 1.82) is 0 Å². The van der Waals surface area contributed by atoms with E-state index in [1.54, 1.807) is 5.30 Å². The maximum Gasteiger partial charge on any atom is -0.000977 e. The van der Waals surface area contributed by atoms with E-state index in [2.05, 4.69) is 103 Å². The lowest BCUT2D eigenvalue weighted by Gasteiger charge is -2.21. The molecule has 0 bridgehead atoms. The van der Waals surface area contributed by atoms with Crippen molar-refractivity contribution in [3.8, 4) is 0 Å². The normalized spacial score (nSPS) is 12.4. The molecule has 0 radical (unpaired) electrons. The summed E-state index contributed by atoms with van der Waals surface area (Å²) in [7, 11) is 1.89. The summed E-state index contributed by atoms with van der Waals surface area (Å²) in [5.41, 5.74) is 5.66. The molecule has 4 heteroatoms. The molecule has 0 saturated heterocycles. The third-order valence-corrected chi connectivity index (χ3v) is 11.6. The molecule has 3 rings (SSSR count). The zero-order valence-electron chi connectivity index (χ0n) is 20.9. The third-order valence-electron chi connectivity index (χ3n) is 6.28. The number of benzene rings is 3.